The maximum absolute atomic E-state index is 12.6. The van der Waals surface area contributed by atoms with Crippen LogP contribution in [0, 0.1) is 5.41 Å². The SMILES string of the molecule is CCCCCCCC(CCCCC)(C(=O)OCC)C(=O)OCC. The van der Waals surface area contributed by atoms with Crippen molar-refractivity contribution >= 4 is 11.9 Å². The Morgan fingerprint density at radius 1 is 0.652 bits per heavy atom. The first kappa shape index (κ1) is 21.9. The van der Waals surface area contributed by atoms with Gasteiger partial charge in [-0.05, 0) is 26.7 Å². The first-order chi connectivity index (χ1) is 11.1. The summed E-state index contributed by atoms with van der Waals surface area (Å²) in [7, 11) is 0. The summed E-state index contributed by atoms with van der Waals surface area (Å²) in [4.78, 5) is 25.1. The molecule has 0 saturated heterocycles. The fourth-order valence-electron chi connectivity index (χ4n) is 2.86. The van der Waals surface area contributed by atoms with E-state index >= 15 is 0 Å². The van der Waals surface area contributed by atoms with Crippen molar-refractivity contribution in [1.82, 2.24) is 0 Å². The summed E-state index contributed by atoms with van der Waals surface area (Å²) in [6.45, 7) is 8.43. The van der Waals surface area contributed by atoms with Gasteiger partial charge in [-0.2, -0.15) is 0 Å². The lowest BCUT2D eigenvalue weighted by atomic mass is 9.77. The highest BCUT2D eigenvalue weighted by molar-refractivity contribution is 6.00. The van der Waals surface area contributed by atoms with Crippen molar-refractivity contribution in [2.75, 3.05) is 13.2 Å². The Bertz CT molecular complexity index is 307. The van der Waals surface area contributed by atoms with Gasteiger partial charge in [0.2, 0.25) is 0 Å². The second-order valence-electron chi connectivity index (χ2n) is 6.14. The summed E-state index contributed by atoms with van der Waals surface area (Å²) in [5, 5.41) is 0. The number of ether oxygens (including phenoxy) is 2. The third-order valence-electron chi connectivity index (χ3n) is 4.25. The Labute approximate surface area is 142 Å². The van der Waals surface area contributed by atoms with Gasteiger partial charge < -0.3 is 9.47 Å². The van der Waals surface area contributed by atoms with Crippen molar-refractivity contribution in [3.63, 3.8) is 0 Å². The lowest BCUT2D eigenvalue weighted by Crippen LogP contribution is -2.42. The molecule has 23 heavy (non-hydrogen) atoms. The normalized spacial score (nSPS) is 11.3. The van der Waals surface area contributed by atoms with Gasteiger partial charge in [0.25, 0.3) is 0 Å². The summed E-state index contributed by atoms with van der Waals surface area (Å²) < 4.78 is 10.5. The predicted octanol–water partition coefficient (Wildman–Crippen LogP) is 5.04. The molecule has 0 aromatic heterocycles. The van der Waals surface area contributed by atoms with Crippen LogP contribution in [0.2, 0.25) is 0 Å². The van der Waals surface area contributed by atoms with Gasteiger partial charge in [-0.3, -0.25) is 9.59 Å². The monoisotopic (exact) mass is 328 g/mol. The number of carbonyl (C=O) groups is 2. The summed E-state index contributed by atoms with van der Waals surface area (Å²) in [6.07, 6.45) is 9.42. The van der Waals surface area contributed by atoms with E-state index in [1.54, 1.807) is 13.8 Å². The Kier molecular flexibility index (Phi) is 12.8. The maximum atomic E-state index is 12.6. The summed E-state index contributed by atoms with van der Waals surface area (Å²) in [5.41, 5.74) is -1.10. The third kappa shape index (κ3) is 7.85. The van der Waals surface area contributed by atoms with Crippen molar-refractivity contribution in [2.45, 2.75) is 91.9 Å². The molecule has 0 aromatic carbocycles. The number of carbonyl (C=O) groups excluding carboxylic acids is 2. The minimum atomic E-state index is -1.10. The molecular weight excluding hydrogens is 292 g/mol. The van der Waals surface area contributed by atoms with Crippen molar-refractivity contribution < 1.29 is 19.1 Å². The van der Waals surface area contributed by atoms with Gasteiger partial charge in [0.05, 0.1) is 13.2 Å². The number of unbranched alkanes of at least 4 members (excludes halogenated alkanes) is 6. The van der Waals surface area contributed by atoms with E-state index in [-0.39, 0.29) is 0 Å². The molecule has 0 radical (unpaired) electrons. The molecule has 4 nitrogen and oxygen atoms in total. The van der Waals surface area contributed by atoms with E-state index in [1.807, 2.05) is 0 Å². The van der Waals surface area contributed by atoms with Crippen LogP contribution in [-0.2, 0) is 19.1 Å². The van der Waals surface area contributed by atoms with E-state index in [9.17, 15) is 9.59 Å². The Morgan fingerprint density at radius 3 is 1.48 bits per heavy atom. The summed E-state index contributed by atoms with van der Waals surface area (Å²) in [6, 6.07) is 0. The number of hydrogen-bond donors (Lipinski definition) is 0. The Morgan fingerprint density at radius 2 is 1.04 bits per heavy atom. The highest BCUT2D eigenvalue weighted by atomic mass is 16.6. The zero-order valence-electron chi connectivity index (χ0n) is 15.6. The lowest BCUT2D eigenvalue weighted by molar-refractivity contribution is -0.173. The van der Waals surface area contributed by atoms with Gasteiger partial charge in [-0.25, -0.2) is 0 Å². The van der Waals surface area contributed by atoms with Crippen LogP contribution >= 0.6 is 0 Å². The number of rotatable bonds is 14. The van der Waals surface area contributed by atoms with E-state index in [0.717, 1.165) is 38.5 Å². The Balaban J connectivity index is 5.03. The van der Waals surface area contributed by atoms with Gasteiger partial charge in [0, 0.05) is 0 Å². The van der Waals surface area contributed by atoms with Crippen molar-refractivity contribution in [3.8, 4) is 0 Å². The van der Waals surface area contributed by atoms with Crippen molar-refractivity contribution in [2.24, 2.45) is 5.41 Å². The van der Waals surface area contributed by atoms with Crippen LogP contribution in [0.25, 0.3) is 0 Å². The smallest absolute Gasteiger partial charge is 0.323 e. The maximum Gasteiger partial charge on any atom is 0.323 e. The van der Waals surface area contributed by atoms with Crippen LogP contribution in [0.3, 0.4) is 0 Å². The minimum Gasteiger partial charge on any atom is -0.465 e. The summed E-state index contributed by atoms with van der Waals surface area (Å²) >= 11 is 0. The molecule has 0 aliphatic rings. The molecule has 0 saturated carbocycles. The molecule has 0 spiro atoms. The highest BCUT2D eigenvalue weighted by Gasteiger charge is 2.47. The van der Waals surface area contributed by atoms with E-state index < -0.39 is 17.4 Å². The average Bonchev–Trinajstić information content (AvgIpc) is 2.53. The molecule has 0 amide bonds. The van der Waals surface area contributed by atoms with Crippen LogP contribution < -0.4 is 0 Å². The zero-order chi connectivity index (χ0) is 17.6. The van der Waals surface area contributed by atoms with Crippen LogP contribution in [0.5, 0.6) is 0 Å². The molecule has 0 aliphatic heterocycles. The van der Waals surface area contributed by atoms with Crippen LogP contribution in [-0.4, -0.2) is 25.2 Å². The number of esters is 2. The molecule has 136 valence electrons. The molecule has 0 aliphatic carbocycles. The third-order valence-corrected chi connectivity index (χ3v) is 4.25. The van der Waals surface area contributed by atoms with Crippen molar-refractivity contribution in [3.05, 3.63) is 0 Å². The molecule has 0 bridgehead atoms. The summed E-state index contributed by atoms with van der Waals surface area (Å²) in [5.74, 6) is -0.796. The standard InChI is InChI=1S/C19H36O4/c1-5-9-11-12-14-16-19(15-13-10-6-2,17(20)22-7-3)18(21)23-8-4/h5-16H2,1-4H3. The molecule has 0 heterocycles. The van der Waals surface area contributed by atoms with Gasteiger partial charge in [0.15, 0.2) is 5.41 Å². The van der Waals surface area contributed by atoms with E-state index in [4.69, 9.17) is 9.47 Å². The number of hydrogen-bond acceptors (Lipinski definition) is 4. The molecule has 4 heteroatoms. The average molecular weight is 328 g/mol. The largest absolute Gasteiger partial charge is 0.465 e. The van der Waals surface area contributed by atoms with E-state index in [1.165, 1.54) is 12.8 Å². The molecule has 0 atom stereocenters. The van der Waals surface area contributed by atoms with Crippen molar-refractivity contribution in [1.29, 1.82) is 0 Å². The molecule has 0 unspecified atom stereocenters. The fourth-order valence-corrected chi connectivity index (χ4v) is 2.86. The van der Waals surface area contributed by atoms with Crippen LogP contribution in [0.15, 0.2) is 0 Å². The Hall–Kier alpha value is -1.06. The van der Waals surface area contributed by atoms with E-state index in [2.05, 4.69) is 13.8 Å². The zero-order valence-corrected chi connectivity index (χ0v) is 15.6. The minimum absolute atomic E-state index is 0.295. The predicted molar refractivity (Wildman–Crippen MR) is 93.2 cm³/mol. The topological polar surface area (TPSA) is 52.6 Å². The van der Waals surface area contributed by atoms with Crippen LogP contribution in [0.1, 0.15) is 91.9 Å². The fraction of sp³-hybridized carbons (Fsp3) is 0.895. The lowest BCUT2D eigenvalue weighted by Gasteiger charge is -2.29. The van der Waals surface area contributed by atoms with Gasteiger partial charge in [0.1, 0.15) is 0 Å². The molecule has 0 rings (SSSR count). The second-order valence-corrected chi connectivity index (χ2v) is 6.14. The second kappa shape index (κ2) is 13.4. The molecule has 0 fully saturated rings. The first-order valence-corrected chi connectivity index (χ1v) is 9.43. The van der Waals surface area contributed by atoms with Gasteiger partial charge in [-0.15, -0.1) is 0 Å². The van der Waals surface area contributed by atoms with Gasteiger partial charge >= 0.3 is 11.9 Å². The van der Waals surface area contributed by atoms with E-state index in [0.29, 0.717) is 26.1 Å². The highest BCUT2D eigenvalue weighted by Crippen LogP contribution is 2.35. The quantitative estimate of drug-likeness (QED) is 0.255. The molecule has 0 aromatic rings. The first-order valence-electron chi connectivity index (χ1n) is 9.43. The van der Waals surface area contributed by atoms with Crippen LogP contribution in [0.4, 0.5) is 0 Å². The van der Waals surface area contributed by atoms with Gasteiger partial charge in [-0.1, -0.05) is 65.2 Å². The molecule has 0 N–H and O–H groups in total. The molecular formula is C19H36O4.